The van der Waals surface area contributed by atoms with Crippen molar-refractivity contribution in [2.75, 3.05) is 0 Å². The van der Waals surface area contributed by atoms with Gasteiger partial charge in [-0.3, -0.25) is 4.79 Å². The number of amides is 1. The minimum atomic E-state index is -0.480. The normalized spacial score (nSPS) is 11.0. The first kappa shape index (κ1) is 18.1. The van der Waals surface area contributed by atoms with Gasteiger partial charge >= 0.3 is 0 Å². The van der Waals surface area contributed by atoms with Gasteiger partial charge in [0.15, 0.2) is 0 Å². The van der Waals surface area contributed by atoms with Gasteiger partial charge in [0.05, 0.1) is 5.02 Å². The van der Waals surface area contributed by atoms with E-state index in [1.165, 1.54) is 18.2 Å². The lowest BCUT2D eigenvalue weighted by Crippen LogP contribution is -2.23. The van der Waals surface area contributed by atoms with Crippen molar-refractivity contribution in [3.05, 3.63) is 94.9 Å². The predicted octanol–water partition coefficient (Wildman–Crippen LogP) is 4.86. The number of carbonyl (C=O) groups is 1. The molecule has 4 aromatic rings. The molecule has 0 bridgehead atoms. The van der Waals surface area contributed by atoms with Gasteiger partial charge in [0.2, 0.25) is 0 Å². The molecule has 2 aromatic carbocycles. The van der Waals surface area contributed by atoms with E-state index in [4.69, 9.17) is 11.6 Å². The van der Waals surface area contributed by atoms with Crippen molar-refractivity contribution >= 4 is 23.2 Å². The fraction of sp³-hybridized carbons (Fsp3) is 0.0476. The van der Waals surface area contributed by atoms with Crippen LogP contribution < -0.4 is 5.32 Å². The van der Waals surface area contributed by atoms with E-state index in [0.717, 1.165) is 11.1 Å². The van der Waals surface area contributed by atoms with Gasteiger partial charge in [-0.15, -0.1) is 0 Å². The number of benzene rings is 2. The maximum atomic E-state index is 13.4. The summed E-state index contributed by atoms with van der Waals surface area (Å²) in [7, 11) is 0. The number of hydrogen-bond acceptors (Lipinski definition) is 2. The average molecular weight is 398 g/mol. The largest absolute Gasteiger partial charge is 0.347 e. The highest BCUT2D eigenvalue weighted by Gasteiger charge is 2.12. The number of imidazole rings is 1. The summed E-state index contributed by atoms with van der Waals surface area (Å²) in [5, 5.41) is 2.77. The molecule has 0 aliphatic rings. The van der Waals surface area contributed by atoms with Crippen molar-refractivity contribution in [1.29, 1.82) is 0 Å². The molecular weight excluding hydrogens is 384 g/mol. The number of halogens is 3. The lowest BCUT2D eigenvalue weighted by Gasteiger charge is -2.04. The van der Waals surface area contributed by atoms with Gasteiger partial charge in [-0.1, -0.05) is 29.8 Å². The van der Waals surface area contributed by atoms with Gasteiger partial charge in [0.25, 0.3) is 5.91 Å². The zero-order valence-corrected chi connectivity index (χ0v) is 15.3. The Labute approximate surface area is 164 Å². The highest BCUT2D eigenvalue weighted by atomic mass is 35.5. The Morgan fingerprint density at radius 2 is 1.86 bits per heavy atom. The van der Waals surface area contributed by atoms with Gasteiger partial charge < -0.3 is 9.72 Å². The summed E-state index contributed by atoms with van der Waals surface area (Å²) < 4.78 is 28.3. The van der Waals surface area contributed by atoms with Crippen LogP contribution in [0.1, 0.15) is 16.1 Å². The molecule has 0 unspecified atom stereocenters. The molecule has 0 fully saturated rings. The first-order chi connectivity index (χ1) is 13.5. The number of rotatable bonds is 4. The zero-order valence-electron chi connectivity index (χ0n) is 14.5. The molecule has 1 N–H and O–H groups in total. The predicted molar refractivity (Wildman–Crippen MR) is 103 cm³/mol. The number of aromatic nitrogens is 2. The van der Waals surface area contributed by atoms with Crippen LogP contribution in [-0.4, -0.2) is 15.3 Å². The molecule has 140 valence electrons. The molecule has 2 aromatic heterocycles. The summed E-state index contributed by atoms with van der Waals surface area (Å²) in [4.78, 5) is 16.7. The summed E-state index contributed by atoms with van der Waals surface area (Å²) in [6, 6.07) is 14.1. The van der Waals surface area contributed by atoms with Crippen LogP contribution in [0.5, 0.6) is 0 Å². The Balaban J connectivity index is 1.55. The fourth-order valence-corrected chi connectivity index (χ4v) is 3.05. The van der Waals surface area contributed by atoms with E-state index >= 15 is 0 Å². The highest BCUT2D eigenvalue weighted by molar-refractivity contribution is 6.31. The van der Waals surface area contributed by atoms with E-state index in [0.29, 0.717) is 11.2 Å². The van der Waals surface area contributed by atoms with E-state index in [9.17, 15) is 13.6 Å². The molecule has 0 aliphatic heterocycles. The van der Waals surface area contributed by atoms with Crippen LogP contribution in [0, 0.1) is 11.6 Å². The molecule has 28 heavy (non-hydrogen) atoms. The fourth-order valence-electron chi connectivity index (χ4n) is 2.87. The standard InChI is InChI=1S/C21H14ClF2N3O/c22-17-9-14(4-6-18(17)24)15-5-7-20-26-19(12-27(20)11-15)21(28)25-10-13-2-1-3-16(23)8-13/h1-9,11-12H,10H2,(H,25,28). The number of carbonyl (C=O) groups excluding carboxylic acids is 1. The van der Waals surface area contributed by atoms with Crippen molar-refractivity contribution in [3.8, 4) is 11.1 Å². The Kier molecular flexibility index (Phi) is 4.79. The van der Waals surface area contributed by atoms with Gasteiger partial charge in [0, 0.05) is 18.9 Å². The third-order valence-corrected chi connectivity index (χ3v) is 4.57. The van der Waals surface area contributed by atoms with Crippen molar-refractivity contribution < 1.29 is 13.6 Å². The van der Waals surface area contributed by atoms with E-state index in [1.54, 1.807) is 47.1 Å². The Bertz CT molecular complexity index is 1190. The maximum absolute atomic E-state index is 13.4. The smallest absolute Gasteiger partial charge is 0.271 e. The minimum absolute atomic E-state index is 0.0423. The second-order valence-corrected chi connectivity index (χ2v) is 6.66. The number of hydrogen-bond donors (Lipinski definition) is 1. The summed E-state index contributed by atoms with van der Waals surface area (Å²) in [6.07, 6.45) is 3.39. The van der Waals surface area contributed by atoms with E-state index in [-0.39, 0.29) is 29.0 Å². The zero-order chi connectivity index (χ0) is 19.7. The molecule has 0 saturated carbocycles. The van der Waals surface area contributed by atoms with Gasteiger partial charge in [-0.25, -0.2) is 13.8 Å². The van der Waals surface area contributed by atoms with Crippen LogP contribution in [-0.2, 0) is 6.54 Å². The number of nitrogens with zero attached hydrogens (tertiary/aromatic N) is 2. The maximum Gasteiger partial charge on any atom is 0.271 e. The molecule has 0 saturated heterocycles. The Morgan fingerprint density at radius 3 is 2.64 bits per heavy atom. The molecule has 0 spiro atoms. The van der Waals surface area contributed by atoms with E-state index in [1.807, 2.05) is 6.07 Å². The summed E-state index contributed by atoms with van der Waals surface area (Å²) in [6.45, 7) is 0.198. The van der Waals surface area contributed by atoms with Crippen molar-refractivity contribution in [2.45, 2.75) is 6.54 Å². The van der Waals surface area contributed by atoms with Crippen LogP contribution in [0.25, 0.3) is 16.8 Å². The molecule has 4 rings (SSSR count). The third-order valence-electron chi connectivity index (χ3n) is 4.28. The highest BCUT2D eigenvalue weighted by Crippen LogP contribution is 2.25. The van der Waals surface area contributed by atoms with Crippen molar-refractivity contribution in [3.63, 3.8) is 0 Å². The van der Waals surface area contributed by atoms with Gasteiger partial charge in [0.1, 0.15) is 23.0 Å². The molecule has 0 radical (unpaired) electrons. The molecule has 0 atom stereocenters. The second-order valence-electron chi connectivity index (χ2n) is 6.25. The first-order valence-electron chi connectivity index (χ1n) is 8.46. The minimum Gasteiger partial charge on any atom is -0.347 e. The monoisotopic (exact) mass is 397 g/mol. The summed E-state index contributed by atoms with van der Waals surface area (Å²) >= 11 is 5.85. The summed E-state index contributed by atoms with van der Waals surface area (Å²) in [5.41, 5.74) is 3.05. The number of fused-ring (bicyclic) bond motifs is 1. The molecule has 7 heteroatoms. The van der Waals surface area contributed by atoms with E-state index < -0.39 is 5.82 Å². The number of nitrogens with one attached hydrogen (secondary N) is 1. The van der Waals surface area contributed by atoms with Crippen LogP contribution in [0.15, 0.2) is 67.0 Å². The second kappa shape index (κ2) is 7.40. The average Bonchev–Trinajstić information content (AvgIpc) is 3.12. The van der Waals surface area contributed by atoms with Crippen molar-refractivity contribution in [1.82, 2.24) is 14.7 Å². The van der Waals surface area contributed by atoms with Crippen molar-refractivity contribution in [2.24, 2.45) is 0 Å². The lowest BCUT2D eigenvalue weighted by atomic mass is 10.1. The molecular formula is C21H14ClF2N3O. The molecule has 4 nitrogen and oxygen atoms in total. The summed E-state index contributed by atoms with van der Waals surface area (Å²) in [5.74, 6) is -1.20. The Hall–Kier alpha value is -3.25. The van der Waals surface area contributed by atoms with Gasteiger partial charge in [-0.05, 0) is 53.1 Å². The Morgan fingerprint density at radius 1 is 1.04 bits per heavy atom. The molecule has 0 aliphatic carbocycles. The van der Waals surface area contributed by atoms with Crippen LogP contribution in [0.2, 0.25) is 5.02 Å². The van der Waals surface area contributed by atoms with Crippen LogP contribution >= 0.6 is 11.6 Å². The third kappa shape index (κ3) is 3.73. The SMILES string of the molecule is O=C(NCc1cccc(F)c1)c1cn2cc(-c3ccc(F)c(Cl)c3)ccc2n1. The first-order valence-corrected chi connectivity index (χ1v) is 8.84. The van der Waals surface area contributed by atoms with E-state index in [2.05, 4.69) is 10.3 Å². The molecule has 2 heterocycles. The van der Waals surface area contributed by atoms with Gasteiger partial charge in [-0.2, -0.15) is 0 Å². The molecule has 1 amide bonds. The lowest BCUT2D eigenvalue weighted by molar-refractivity contribution is 0.0946. The quantitative estimate of drug-likeness (QED) is 0.534. The van der Waals surface area contributed by atoms with Crippen LogP contribution in [0.4, 0.5) is 8.78 Å². The number of pyridine rings is 1. The topological polar surface area (TPSA) is 46.4 Å². The van der Waals surface area contributed by atoms with Crippen LogP contribution in [0.3, 0.4) is 0 Å².